The molecule has 0 amide bonds. The van der Waals surface area contributed by atoms with E-state index < -0.39 is 11.9 Å². The Morgan fingerprint density at radius 3 is 2.14 bits per heavy atom. The highest BCUT2D eigenvalue weighted by molar-refractivity contribution is 6.35. The molecule has 0 saturated heterocycles. The molecule has 1 heterocycles. The molecule has 0 saturated carbocycles. The van der Waals surface area contributed by atoms with Crippen molar-refractivity contribution < 1.29 is 28.5 Å². The Hall–Kier alpha value is -4.01. The van der Waals surface area contributed by atoms with Gasteiger partial charge >= 0.3 is 11.9 Å². The van der Waals surface area contributed by atoms with Crippen molar-refractivity contribution in [3.05, 3.63) is 93.6 Å². The van der Waals surface area contributed by atoms with Crippen LogP contribution in [0.5, 0.6) is 11.5 Å². The average Bonchev–Trinajstić information content (AvgIpc) is 3.33. The number of esters is 2. The largest absolute Gasteiger partial charge is 0.493 e. The fraction of sp³-hybridized carbons (Fsp3) is 0.148. The summed E-state index contributed by atoms with van der Waals surface area (Å²) in [6.07, 6.45) is 0. The van der Waals surface area contributed by atoms with Crippen LogP contribution in [0.1, 0.15) is 26.4 Å². The lowest BCUT2D eigenvalue weighted by molar-refractivity contribution is 0.0549. The first-order valence-corrected chi connectivity index (χ1v) is 11.7. The first kappa shape index (κ1) is 26.1. The minimum absolute atomic E-state index is 0.0523. The summed E-state index contributed by atoms with van der Waals surface area (Å²) in [6.45, 7) is 0.0635. The zero-order valence-electron chi connectivity index (χ0n) is 20.2. The summed E-state index contributed by atoms with van der Waals surface area (Å²) in [5, 5.41) is 5.52. The van der Waals surface area contributed by atoms with Gasteiger partial charge in [-0.1, -0.05) is 47.5 Å². The predicted molar refractivity (Wildman–Crippen MR) is 139 cm³/mol. The Morgan fingerprint density at radius 1 is 0.838 bits per heavy atom. The summed E-state index contributed by atoms with van der Waals surface area (Å²) in [6, 6.07) is 19.1. The SMILES string of the molecule is COC(=O)c1c(-c2ccc(OC)c(OCc3c(Cl)cccc3Cl)c2)nn(-c2ccccc2)c1C(=O)OC. The molecule has 0 spiro atoms. The van der Waals surface area contributed by atoms with Gasteiger partial charge in [-0.2, -0.15) is 5.10 Å². The third kappa shape index (κ3) is 5.26. The van der Waals surface area contributed by atoms with Crippen molar-refractivity contribution in [1.82, 2.24) is 9.78 Å². The van der Waals surface area contributed by atoms with E-state index in [2.05, 4.69) is 5.10 Å². The number of para-hydroxylation sites is 1. The van der Waals surface area contributed by atoms with Gasteiger partial charge in [0.05, 0.1) is 27.0 Å². The smallest absolute Gasteiger partial charge is 0.357 e. The van der Waals surface area contributed by atoms with E-state index >= 15 is 0 Å². The first-order valence-electron chi connectivity index (χ1n) is 11.0. The van der Waals surface area contributed by atoms with Gasteiger partial charge in [-0.25, -0.2) is 14.3 Å². The summed E-state index contributed by atoms with van der Waals surface area (Å²) in [7, 11) is 3.96. The van der Waals surface area contributed by atoms with Gasteiger partial charge in [0, 0.05) is 21.2 Å². The zero-order valence-corrected chi connectivity index (χ0v) is 21.7. The zero-order chi connectivity index (χ0) is 26.5. The topological polar surface area (TPSA) is 88.9 Å². The van der Waals surface area contributed by atoms with Gasteiger partial charge in [-0.15, -0.1) is 0 Å². The molecule has 3 aromatic carbocycles. The summed E-state index contributed by atoms with van der Waals surface area (Å²) in [5.41, 5.74) is 1.70. The fourth-order valence-corrected chi connectivity index (χ4v) is 4.22. The lowest BCUT2D eigenvalue weighted by Crippen LogP contribution is -2.15. The van der Waals surface area contributed by atoms with Crippen LogP contribution in [-0.4, -0.2) is 43.0 Å². The highest BCUT2D eigenvalue weighted by Crippen LogP contribution is 2.36. The van der Waals surface area contributed by atoms with E-state index in [4.69, 9.17) is 42.1 Å². The molecule has 1 aromatic heterocycles. The van der Waals surface area contributed by atoms with Crippen LogP contribution in [-0.2, 0) is 16.1 Å². The van der Waals surface area contributed by atoms with Crippen molar-refractivity contribution in [2.45, 2.75) is 6.61 Å². The summed E-state index contributed by atoms with van der Waals surface area (Å²) in [5.74, 6) is -0.719. The molecule has 0 N–H and O–H groups in total. The number of carbonyl (C=O) groups excluding carboxylic acids is 2. The molecule has 0 aliphatic heterocycles. The first-order chi connectivity index (χ1) is 17.9. The molecule has 0 bridgehead atoms. The van der Waals surface area contributed by atoms with E-state index in [0.29, 0.717) is 38.4 Å². The Morgan fingerprint density at radius 2 is 1.51 bits per heavy atom. The minimum atomic E-state index is -0.751. The second kappa shape index (κ2) is 11.4. The van der Waals surface area contributed by atoms with Gasteiger partial charge in [0.25, 0.3) is 0 Å². The summed E-state index contributed by atoms with van der Waals surface area (Å²) >= 11 is 12.6. The maximum atomic E-state index is 12.9. The normalized spacial score (nSPS) is 10.6. The lowest BCUT2D eigenvalue weighted by atomic mass is 10.0. The molecule has 4 rings (SSSR count). The molecule has 37 heavy (non-hydrogen) atoms. The lowest BCUT2D eigenvalue weighted by Gasteiger charge is -2.14. The number of methoxy groups -OCH3 is 3. The maximum Gasteiger partial charge on any atom is 0.357 e. The molecule has 0 aliphatic rings. The molecule has 0 unspecified atom stereocenters. The maximum absolute atomic E-state index is 12.9. The summed E-state index contributed by atoms with van der Waals surface area (Å²) < 4.78 is 22.8. The minimum Gasteiger partial charge on any atom is -0.493 e. The standard InChI is InChI=1S/C27H22Cl2N2O6/c1-34-21-13-12-16(14-22(21)37-15-18-19(28)10-7-11-20(18)29)24-23(26(32)35-2)25(27(33)36-3)31(30-24)17-8-5-4-6-9-17/h4-14H,15H2,1-3H3. The molecular weight excluding hydrogens is 519 g/mol. The van der Waals surface area contributed by atoms with Crippen LogP contribution in [0.2, 0.25) is 10.0 Å². The Bertz CT molecular complexity index is 1430. The Kier molecular flexibility index (Phi) is 8.01. The number of hydrogen-bond donors (Lipinski definition) is 0. The molecule has 4 aromatic rings. The van der Waals surface area contributed by atoms with Crippen LogP contribution in [0.4, 0.5) is 0 Å². The third-order valence-corrected chi connectivity index (χ3v) is 6.23. The van der Waals surface area contributed by atoms with E-state index in [1.54, 1.807) is 60.7 Å². The molecule has 190 valence electrons. The van der Waals surface area contributed by atoms with Crippen molar-refractivity contribution in [3.63, 3.8) is 0 Å². The Balaban J connectivity index is 1.86. The highest BCUT2D eigenvalue weighted by Gasteiger charge is 2.31. The average molecular weight is 541 g/mol. The number of rotatable bonds is 8. The molecule has 10 heteroatoms. The number of hydrogen-bond acceptors (Lipinski definition) is 7. The second-order valence-corrected chi connectivity index (χ2v) is 8.47. The highest BCUT2D eigenvalue weighted by atomic mass is 35.5. The summed E-state index contributed by atoms with van der Waals surface area (Å²) in [4.78, 5) is 25.7. The molecular formula is C27H22Cl2N2O6. The Labute approximate surface area is 223 Å². The van der Waals surface area contributed by atoms with Crippen molar-refractivity contribution in [2.24, 2.45) is 0 Å². The van der Waals surface area contributed by atoms with Gasteiger partial charge in [-0.3, -0.25) is 0 Å². The number of halogens is 2. The number of aromatic nitrogens is 2. The molecule has 0 aliphatic carbocycles. The van der Waals surface area contributed by atoms with E-state index in [-0.39, 0.29) is 23.6 Å². The van der Waals surface area contributed by atoms with Crippen LogP contribution in [0, 0.1) is 0 Å². The quantitative estimate of drug-likeness (QED) is 0.253. The van der Waals surface area contributed by atoms with E-state index in [0.717, 1.165) is 0 Å². The third-order valence-electron chi connectivity index (χ3n) is 5.53. The van der Waals surface area contributed by atoms with E-state index in [9.17, 15) is 9.59 Å². The number of ether oxygens (including phenoxy) is 4. The number of carbonyl (C=O) groups is 2. The van der Waals surface area contributed by atoms with Gasteiger partial charge in [0.2, 0.25) is 0 Å². The molecule has 0 fully saturated rings. The van der Waals surface area contributed by atoms with Crippen LogP contribution in [0.25, 0.3) is 16.9 Å². The van der Waals surface area contributed by atoms with Gasteiger partial charge < -0.3 is 18.9 Å². The van der Waals surface area contributed by atoms with Crippen molar-refractivity contribution in [2.75, 3.05) is 21.3 Å². The number of benzene rings is 3. The fourth-order valence-electron chi connectivity index (χ4n) is 3.71. The van der Waals surface area contributed by atoms with Gasteiger partial charge in [0.1, 0.15) is 17.9 Å². The van der Waals surface area contributed by atoms with Crippen molar-refractivity contribution in [3.8, 4) is 28.4 Å². The monoisotopic (exact) mass is 540 g/mol. The van der Waals surface area contributed by atoms with Crippen LogP contribution >= 0.6 is 23.2 Å². The van der Waals surface area contributed by atoms with Gasteiger partial charge in [-0.05, 0) is 42.5 Å². The van der Waals surface area contributed by atoms with Crippen molar-refractivity contribution in [1.29, 1.82) is 0 Å². The van der Waals surface area contributed by atoms with Crippen LogP contribution < -0.4 is 9.47 Å². The van der Waals surface area contributed by atoms with E-state index in [1.165, 1.54) is 26.0 Å². The van der Waals surface area contributed by atoms with E-state index in [1.807, 2.05) is 6.07 Å². The van der Waals surface area contributed by atoms with Crippen LogP contribution in [0.15, 0.2) is 66.7 Å². The van der Waals surface area contributed by atoms with Gasteiger partial charge in [0.15, 0.2) is 17.2 Å². The molecule has 0 radical (unpaired) electrons. The number of nitrogens with zero attached hydrogens (tertiary/aromatic N) is 2. The predicted octanol–water partition coefficient (Wildman–Crippen LogP) is 6.01. The molecule has 0 atom stereocenters. The van der Waals surface area contributed by atoms with Crippen LogP contribution in [0.3, 0.4) is 0 Å². The van der Waals surface area contributed by atoms with Crippen molar-refractivity contribution >= 4 is 35.1 Å². The second-order valence-electron chi connectivity index (χ2n) is 7.66. The molecule has 8 nitrogen and oxygen atoms in total.